The van der Waals surface area contributed by atoms with Crippen molar-refractivity contribution < 1.29 is 19.1 Å². The largest absolute Gasteiger partial charge is 0.457 e. The normalized spacial score (nSPS) is 13.9. The number of hydrogen-bond acceptors (Lipinski definition) is 5. The van der Waals surface area contributed by atoms with E-state index in [-0.39, 0.29) is 30.7 Å². The summed E-state index contributed by atoms with van der Waals surface area (Å²) in [5, 5.41) is 1.96. The van der Waals surface area contributed by atoms with E-state index in [1.54, 1.807) is 34.4 Å². The number of ketones is 1. The Hall–Kier alpha value is -2.47. The summed E-state index contributed by atoms with van der Waals surface area (Å²) in [7, 11) is 0. The van der Waals surface area contributed by atoms with Crippen molar-refractivity contribution in [3.8, 4) is 0 Å². The summed E-state index contributed by atoms with van der Waals surface area (Å²) < 4.78 is 5.08. The smallest absolute Gasteiger partial charge is 0.306 e. The van der Waals surface area contributed by atoms with Gasteiger partial charge in [-0.15, -0.1) is 11.3 Å². The third-order valence-corrected chi connectivity index (χ3v) is 5.01. The predicted molar refractivity (Wildman–Crippen MR) is 96.0 cm³/mol. The van der Waals surface area contributed by atoms with Crippen LogP contribution in [0.2, 0.25) is 0 Å². The van der Waals surface area contributed by atoms with Crippen LogP contribution in [0.25, 0.3) is 0 Å². The molecule has 1 saturated heterocycles. The van der Waals surface area contributed by atoms with Crippen molar-refractivity contribution in [2.75, 3.05) is 18.1 Å². The van der Waals surface area contributed by atoms with Gasteiger partial charge in [-0.2, -0.15) is 0 Å². The van der Waals surface area contributed by atoms with Gasteiger partial charge in [-0.25, -0.2) is 0 Å². The number of carbonyl (C=O) groups excluding carboxylic acids is 3. The van der Waals surface area contributed by atoms with E-state index in [2.05, 4.69) is 0 Å². The number of Topliss-reactive ketones (excluding diaryl/α,β-unsaturated/α-hetero) is 1. The number of ether oxygens (including phenoxy) is 1. The Morgan fingerprint density at radius 2 is 2.08 bits per heavy atom. The number of benzene rings is 1. The summed E-state index contributed by atoms with van der Waals surface area (Å²) in [5.41, 5.74) is 1.17. The van der Waals surface area contributed by atoms with Crippen molar-refractivity contribution in [1.82, 2.24) is 0 Å². The molecule has 1 aliphatic rings. The van der Waals surface area contributed by atoms with Gasteiger partial charge in [0.2, 0.25) is 5.91 Å². The zero-order valence-corrected chi connectivity index (χ0v) is 14.6. The van der Waals surface area contributed by atoms with Crippen molar-refractivity contribution in [2.45, 2.75) is 25.7 Å². The monoisotopic (exact) mass is 357 g/mol. The molecule has 5 nitrogen and oxygen atoms in total. The molecule has 1 aromatic carbocycles. The summed E-state index contributed by atoms with van der Waals surface area (Å²) >= 11 is 1.59. The maximum absolute atomic E-state index is 12.3. The summed E-state index contributed by atoms with van der Waals surface area (Å²) in [4.78, 5) is 38.6. The topological polar surface area (TPSA) is 63.7 Å². The molecule has 1 amide bonds. The lowest BCUT2D eigenvalue weighted by atomic mass is 10.1. The van der Waals surface area contributed by atoms with Crippen molar-refractivity contribution in [3.05, 3.63) is 52.2 Å². The highest BCUT2D eigenvalue weighted by Crippen LogP contribution is 2.22. The van der Waals surface area contributed by atoms with Crippen LogP contribution in [-0.2, 0) is 20.7 Å². The number of anilines is 1. The van der Waals surface area contributed by atoms with E-state index in [0.29, 0.717) is 24.9 Å². The Kier molecular flexibility index (Phi) is 5.60. The van der Waals surface area contributed by atoms with E-state index >= 15 is 0 Å². The van der Waals surface area contributed by atoms with E-state index < -0.39 is 0 Å². The molecule has 1 fully saturated rings. The lowest BCUT2D eigenvalue weighted by molar-refractivity contribution is -0.142. The van der Waals surface area contributed by atoms with Crippen LogP contribution in [0.3, 0.4) is 0 Å². The van der Waals surface area contributed by atoms with E-state index in [0.717, 1.165) is 17.0 Å². The second kappa shape index (κ2) is 8.07. The number of nitrogens with zero attached hydrogens (tertiary/aromatic N) is 1. The van der Waals surface area contributed by atoms with Crippen molar-refractivity contribution in [2.24, 2.45) is 0 Å². The molecule has 0 saturated carbocycles. The Bertz CT molecular complexity index is 769. The molecule has 2 heterocycles. The number of aryl methyl sites for hydroxylation is 1. The molecule has 25 heavy (non-hydrogen) atoms. The zero-order valence-electron chi connectivity index (χ0n) is 13.8. The molecule has 0 spiro atoms. The predicted octanol–water partition coefficient (Wildman–Crippen LogP) is 3.23. The molecule has 0 radical (unpaired) electrons. The fraction of sp³-hybridized carbons (Fsp3) is 0.316. The van der Waals surface area contributed by atoms with Gasteiger partial charge in [0.25, 0.3) is 0 Å². The van der Waals surface area contributed by atoms with Crippen LogP contribution in [0.15, 0.2) is 41.8 Å². The average molecular weight is 357 g/mol. The maximum atomic E-state index is 12.3. The molecule has 0 atom stereocenters. The summed E-state index contributed by atoms with van der Waals surface area (Å²) in [6, 6.07) is 10.8. The molecule has 130 valence electrons. The first kappa shape index (κ1) is 17.4. The van der Waals surface area contributed by atoms with Gasteiger partial charge < -0.3 is 9.64 Å². The third kappa shape index (κ3) is 4.54. The van der Waals surface area contributed by atoms with E-state index in [1.807, 2.05) is 23.6 Å². The highest BCUT2D eigenvalue weighted by Gasteiger charge is 2.22. The van der Waals surface area contributed by atoms with E-state index in [9.17, 15) is 14.4 Å². The summed E-state index contributed by atoms with van der Waals surface area (Å²) in [6.07, 6.45) is 2.26. The number of rotatable bonds is 7. The molecule has 0 bridgehead atoms. The maximum Gasteiger partial charge on any atom is 0.306 e. The van der Waals surface area contributed by atoms with Crippen molar-refractivity contribution >= 4 is 34.7 Å². The standard InChI is InChI=1S/C19H19NO4S/c21-17(13-24-19(23)9-8-16-6-3-11-25-16)14-4-1-5-15(12-14)20-10-2-7-18(20)22/h1,3-6,11-12H,2,7-10,13H2. The summed E-state index contributed by atoms with van der Waals surface area (Å²) in [5.74, 6) is -0.574. The van der Waals surface area contributed by atoms with Gasteiger partial charge >= 0.3 is 5.97 Å². The Morgan fingerprint density at radius 3 is 2.80 bits per heavy atom. The molecule has 2 aromatic rings. The second-order valence-corrected chi connectivity index (χ2v) is 6.89. The van der Waals surface area contributed by atoms with Crippen LogP contribution < -0.4 is 4.90 Å². The quantitative estimate of drug-likeness (QED) is 0.564. The number of thiophene rings is 1. The number of amides is 1. The fourth-order valence-corrected chi connectivity index (χ4v) is 3.46. The zero-order chi connectivity index (χ0) is 17.6. The minimum Gasteiger partial charge on any atom is -0.457 e. The first-order valence-corrected chi connectivity index (χ1v) is 9.13. The van der Waals surface area contributed by atoms with E-state index in [1.165, 1.54) is 0 Å². The molecule has 3 rings (SSSR count). The van der Waals surface area contributed by atoms with Crippen LogP contribution in [0.5, 0.6) is 0 Å². The van der Waals surface area contributed by atoms with Crippen LogP contribution in [0.1, 0.15) is 34.5 Å². The molecule has 0 N–H and O–H groups in total. The molecule has 1 aliphatic heterocycles. The minimum absolute atomic E-state index is 0.0737. The molecular formula is C19H19NO4S. The first-order chi connectivity index (χ1) is 12.1. The first-order valence-electron chi connectivity index (χ1n) is 8.25. The van der Waals surface area contributed by atoms with Crippen molar-refractivity contribution in [3.63, 3.8) is 0 Å². The van der Waals surface area contributed by atoms with Crippen LogP contribution in [0.4, 0.5) is 5.69 Å². The lowest BCUT2D eigenvalue weighted by Gasteiger charge is -2.16. The van der Waals surface area contributed by atoms with E-state index in [4.69, 9.17) is 4.74 Å². The van der Waals surface area contributed by atoms with Crippen LogP contribution >= 0.6 is 11.3 Å². The Labute approximate surface area is 150 Å². The van der Waals surface area contributed by atoms with Crippen LogP contribution in [-0.4, -0.2) is 30.8 Å². The number of carbonyl (C=O) groups is 3. The molecule has 0 unspecified atom stereocenters. The second-order valence-electron chi connectivity index (χ2n) is 5.86. The van der Waals surface area contributed by atoms with Crippen molar-refractivity contribution in [1.29, 1.82) is 0 Å². The van der Waals surface area contributed by atoms with Gasteiger partial charge in [-0.05, 0) is 36.4 Å². The van der Waals surface area contributed by atoms with Gasteiger partial charge in [0.1, 0.15) is 0 Å². The highest BCUT2D eigenvalue weighted by molar-refractivity contribution is 7.09. The number of hydrogen-bond donors (Lipinski definition) is 0. The molecule has 0 aliphatic carbocycles. The molecular weight excluding hydrogens is 338 g/mol. The van der Waals surface area contributed by atoms with Gasteiger partial charge in [0.15, 0.2) is 12.4 Å². The SMILES string of the molecule is O=C(CCc1cccs1)OCC(=O)c1cccc(N2CCCC2=O)c1. The Morgan fingerprint density at radius 1 is 1.20 bits per heavy atom. The third-order valence-electron chi connectivity index (χ3n) is 4.07. The average Bonchev–Trinajstić information content (AvgIpc) is 3.29. The minimum atomic E-state index is -0.382. The molecule has 6 heteroatoms. The lowest BCUT2D eigenvalue weighted by Crippen LogP contribution is -2.24. The Balaban J connectivity index is 1.52. The van der Waals surface area contributed by atoms with Crippen LogP contribution in [0, 0.1) is 0 Å². The van der Waals surface area contributed by atoms with Gasteiger partial charge in [-0.3, -0.25) is 14.4 Å². The number of esters is 1. The highest BCUT2D eigenvalue weighted by atomic mass is 32.1. The van der Waals surface area contributed by atoms with Gasteiger partial charge in [-0.1, -0.05) is 18.2 Å². The fourth-order valence-electron chi connectivity index (χ4n) is 2.75. The van der Waals surface area contributed by atoms with Gasteiger partial charge in [0, 0.05) is 29.1 Å². The van der Waals surface area contributed by atoms with Gasteiger partial charge in [0.05, 0.1) is 6.42 Å². The summed E-state index contributed by atoms with van der Waals surface area (Å²) in [6.45, 7) is 0.398. The molecule has 1 aromatic heterocycles.